The van der Waals surface area contributed by atoms with Crippen LogP contribution in [0.1, 0.15) is 0 Å². The average Bonchev–Trinajstić information content (AvgIpc) is 2.72. The first-order valence-electron chi connectivity index (χ1n) is 4.89. The van der Waals surface area contributed by atoms with Crippen LogP contribution in [0.4, 0.5) is 5.69 Å². The molecule has 1 aromatic carbocycles. The molecule has 0 spiro atoms. The van der Waals surface area contributed by atoms with Gasteiger partial charge in [0.1, 0.15) is 5.01 Å². The smallest absolute Gasteiger partial charge is 0.124 e. The van der Waals surface area contributed by atoms with Crippen molar-refractivity contribution in [3.63, 3.8) is 0 Å². The van der Waals surface area contributed by atoms with Gasteiger partial charge in [-0.3, -0.25) is 4.98 Å². The largest absolute Gasteiger partial charge is 0.399 e. The monoisotopic (exact) mass is 227 g/mol. The zero-order chi connectivity index (χ0) is 11.0. The molecule has 3 nitrogen and oxygen atoms in total. The summed E-state index contributed by atoms with van der Waals surface area (Å²) < 4.78 is 1.10. The molecule has 0 radical (unpaired) electrons. The summed E-state index contributed by atoms with van der Waals surface area (Å²) in [5.74, 6) is 0. The lowest BCUT2D eigenvalue weighted by Gasteiger charge is -1.96. The Morgan fingerprint density at radius 3 is 2.94 bits per heavy atom. The first-order chi connectivity index (χ1) is 7.83. The molecule has 0 atom stereocenters. The summed E-state index contributed by atoms with van der Waals surface area (Å²) >= 11 is 1.63. The highest BCUT2D eigenvalue weighted by Crippen LogP contribution is 2.30. The Hall–Kier alpha value is -1.94. The Balaban J connectivity index is 2.19. The molecule has 2 aromatic heterocycles. The number of pyridine rings is 1. The van der Waals surface area contributed by atoms with Crippen LogP contribution < -0.4 is 5.73 Å². The zero-order valence-corrected chi connectivity index (χ0v) is 9.24. The Labute approximate surface area is 96.6 Å². The standard InChI is InChI=1S/C12H9N3S/c13-9-3-1-2-8(6-9)12-15-10-4-5-14-7-11(10)16-12/h1-7H,13H2. The minimum absolute atomic E-state index is 0.759. The molecule has 0 aliphatic rings. The molecule has 0 aliphatic carbocycles. The second-order valence-electron chi connectivity index (χ2n) is 3.49. The van der Waals surface area contributed by atoms with E-state index in [2.05, 4.69) is 9.97 Å². The maximum atomic E-state index is 5.75. The molecular formula is C12H9N3S. The third-order valence-corrected chi connectivity index (χ3v) is 3.38. The molecule has 4 heteroatoms. The average molecular weight is 227 g/mol. The summed E-state index contributed by atoms with van der Waals surface area (Å²) in [7, 11) is 0. The minimum Gasteiger partial charge on any atom is -0.399 e. The van der Waals surface area contributed by atoms with E-state index in [1.807, 2.05) is 36.5 Å². The Morgan fingerprint density at radius 2 is 2.12 bits per heavy atom. The van der Waals surface area contributed by atoms with E-state index in [0.29, 0.717) is 0 Å². The van der Waals surface area contributed by atoms with Gasteiger partial charge in [-0.1, -0.05) is 12.1 Å². The second-order valence-corrected chi connectivity index (χ2v) is 4.52. The number of aromatic nitrogens is 2. The van der Waals surface area contributed by atoms with Crippen LogP contribution in [0.5, 0.6) is 0 Å². The van der Waals surface area contributed by atoms with Crippen molar-refractivity contribution < 1.29 is 0 Å². The second kappa shape index (κ2) is 3.57. The molecule has 78 valence electrons. The van der Waals surface area contributed by atoms with Gasteiger partial charge in [-0.25, -0.2) is 4.98 Å². The van der Waals surface area contributed by atoms with E-state index in [9.17, 15) is 0 Å². The summed E-state index contributed by atoms with van der Waals surface area (Å²) in [4.78, 5) is 8.63. The van der Waals surface area contributed by atoms with Crippen molar-refractivity contribution in [3.05, 3.63) is 42.7 Å². The van der Waals surface area contributed by atoms with Crippen molar-refractivity contribution in [2.24, 2.45) is 0 Å². The molecule has 3 rings (SSSR count). The topological polar surface area (TPSA) is 51.8 Å². The predicted molar refractivity (Wildman–Crippen MR) is 67.3 cm³/mol. The molecule has 0 saturated heterocycles. The van der Waals surface area contributed by atoms with Crippen molar-refractivity contribution >= 4 is 27.2 Å². The minimum atomic E-state index is 0.759. The van der Waals surface area contributed by atoms with E-state index >= 15 is 0 Å². The van der Waals surface area contributed by atoms with E-state index in [1.54, 1.807) is 17.5 Å². The van der Waals surface area contributed by atoms with E-state index < -0.39 is 0 Å². The highest BCUT2D eigenvalue weighted by molar-refractivity contribution is 7.21. The van der Waals surface area contributed by atoms with Gasteiger partial charge in [-0.15, -0.1) is 11.3 Å². The van der Waals surface area contributed by atoms with Gasteiger partial charge in [-0.2, -0.15) is 0 Å². The maximum Gasteiger partial charge on any atom is 0.124 e. The third-order valence-electron chi connectivity index (χ3n) is 2.32. The molecule has 3 aromatic rings. The van der Waals surface area contributed by atoms with Crippen LogP contribution in [0.25, 0.3) is 20.8 Å². The molecule has 0 fully saturated rings. The van der Waals surface area contributed by atoms with Gasteiger partial charge in [0, 0.05) is 23.6 Å². The highest BCUT2D eigenvalue weighted by Gasteiger charge is 2.05. The molecule has 0 saturated carbocycles. The van der Waals surface area contributed by atoms with Crippen LogP contribution in [0.15, 0.2) is 42.7 Å². The van der Waals surface area contributed by atoms with Crippen LogP contribution >= 0.6 is 11.3 Å². The van der Waals surface area contributed by atoms with Crippen molar-refractivity contribution in [2.45, 2.75) is 0 Å². The fraction of sp³-hybridized carbons (Fsp3) is 0. The molecule has 16 heavy (non-hydrogen) atoms. The van der Waals surface area contributed by atoms with Crippen molar-refractivity contribution in [1.29, 1.82) is 0 Å². The summed E-state index contributed by atoms with van der Waals surface area (Å²) in [6.45, 7) is 0. The van der Waals surface area contributed by atoms with Gasteiger partial charge in [0.05, 0.1) is 10.2 Å². The van der Waals surface area contributed by atoms with E-state index in [-0.39, 0.29) is 0 Å². The van der Waals surface area contributed by atoms with Crippen molar-refractivity contribution in [1.82, 2.24) is 9.97 Å². The summed E-state index contributed by atoms with van der Waals surface area (Å²) in [6, 6.07) is 9.68. The first kappa shape index (κ1) is 9.30. The lowest BCUT2D eigenvalue weighted by Crippen LogP contribution is -1.84. The lowest BCUT2D eigenvalue weighted by molar-refractivity contribution is 1.36. The maximum absolute atomic E-state index is 5.75. The van der Waals surface area contributed by atoms with Crippen LogP contribution in [0.3, 0.4) is 0 Å². The SMILES string of the molecule is Nc1cccc(-c2nc3ccncc3s2)c1. The van der Waals surface area contributed by atoms with E-state index in [1.165, 1.54) is 0 Å². The van der Waals surface area contributed by atoms with Crippen LogP contribution in [-0.4, -0.2) is 9.97 Å². The normalized spacial score (nSPS) is 10.8. The lowest BCUT2D eigenvalue weighted by atomic mass is 10.2. The number of nitrogens with two attached hydrogens (primary N) is 1. The van der Waals surface area contributed by atoms with E-state index in [4.69, 9.17) is 5.73 Å². The number of fused-ring (bicyclic) bond motifs is 1. The fourth-order valence-electron chi connectivity index (χ4n) is 1.58. The fourth-order valence-corrected chi connectivity index (χ4v) is 2.50. The van der Waals surface area contributed by atoms with Gasteiger partial charge in [0.25, 0.3) is 0 Å². The molecule has 0 unspecified atom stereocenters. The van der Waals surface area contributed by atoms with Gasteiger partial charge < -0.3 is 5.73 Å². The quantitative estimate of drug-likeness (QED) is 0.650. The van der Waals surface area contributed by atoms with E-state index in [0.717, 1.165) is 26.5 Å². The van der Waals surface area contributed by atoms with Gasteiger partial charge in [0.2, 0.25) is 0 Å². The first-order valence-corrected chi connectivity index (χ1v) is 5.71. The Morgan fingerprint density at radius 1 is 1.19 bits per heavy atom. The number of nitrogens with zero attached hydrogens (tertiary/aromatic N) is 2. The van der Waals surface area contributed by atoms with Gasteiger partial charge in [0.15, 0.2) is 0 Å². The summed E-state index contributed by atoms with van der Waals surface area (Å²) in [5.41, 5.74) is 8.55. The number of hydrogen-bond donors (Lipinski definition) is 1. The Bertz CT molecular complexity index is 612. The number of anilines is 1. The third kappa shape index (κ3) is 1.53. The molecule has 2 heterocycles. The Kier molecular flexibility index (Phi) is 2.08. The van der Waals surface area contributed by atoms with Gasteiger partial charge in [-0.05, 0) is 18.2 Å². The number of thiazole rings is 1. The molecule has 2 N–H and O–H groups in total. The molecule has 0 aliphatic heterocycles. The number of nitrogen functional groups attached to an aromatic ring is 1. The molecular weight excluding hydrogens is 218 g/mol. The van der Waals surface area contributed by atoms with Crippen molar-refractivity contribution in [2.75, 3.05) is 5.73 Å². The molecule has 0 bridgehead atoms. The highest BCUT2D eigenvalue weighted by atomic mass is 32.1. The van der Waals surface area contributed by atoms with Crippen LogP contribution in [0.2, 0.25) is 0 Å². The summed E-state index contributed by atoms with van der Waals surface area (Å²) in [6.07, 6.45) is 3.59. The number of benzene rings is 1. The van der Waals surface area contributed by atoms with Gasteiger partial charge >= 0.3 is 0 Å². The van der Waals surface area contributed by atoms with Crippen molar-refractivity contribution in [3.8, 4) is 10.6 Å². The zero-order valence-electron chi connectivity index (χ0n) is 8.42. The summed E-state index contributed by atoms with van der Waals surface area (Å²) in [5, 5.41) is 0.982. The molecule has 0 amide bonds. The van der Waals surface area contributed by atoms with Crippen LogP contribution in [-0.2, 0) is 0 Å². The van der Waals surface area contributed by atoms with Crippen LogP contribution in [0, 0.1) is 0 Å². The number of rotatable bonds is 1. The number of hydrogen-bond acceptors (Lipinski definition) is 4. The predicted octanol–water partition coefficient (Wildman–Crippen LogP) is 2.94.